The van der Waals surface area contributed by atoms with E-state index >= 15 is 0 Å². The highest BCUT2D eigenvalue weighted by atomic mass is 16.6. The third-order valence-corrected chi connectivity index (χ3v) is 9.43. The SMILES string of the molecule is CCCCCCCC/C=C/CCCCCCCC(=O)OC[C@@H](COCc1ccccc1)OC(=O)CCCCCCC/C=C/CCCCCCCC. The van der Waals surface area contributed by atoms with Crippen LogP contribution in [0.4, 0.5) is 0 Å². The first-order valence-corrected chi connectivity index (χ1v) is 21.4. The van der Waals surface area contributed by atoms with E-state index in [4.69, 9.17) is 14.2 Å². The molecule has 0 aliphatic heterocycles. The van der Waals surface area contributed by atoms with Crippen LogP contribution in [-0.4, -0.2) is 31.3 Å². The second kappa shape index (κ2) is 37.4. The summed E-state index contributed by atoms with van der Waals surface area (Å²) in [4.78, 5) is 25.1. The Balaban J connectivity index is 2.17. The van der Waals surface area contributed by atoms with Gasteiger partial charge in [0, 0.05) is 12.8 Å². The van der Waals surface area contributed by atoms with Crippen LogP contribution in [0.3, 0.4) is 0 Å². The second-order valence-corrected chi connectivity index (χ2v) is 14.5. The van der Waals surface area contributed by atoms with Gasteiger partial charge in [0.15, 0.2) is 6.10 Å². The zero-order valence-electron chi connectivity index (χ0n) is 33.2. The van der Waals surface area contributed by atoms with Crippen molar-refractivity contribution in [1.82, 2.24) is 0 Å². The number of ether oxygens (including phenoxy) is 3. The summed E-state index contributed by atoms with van der Waals surface area (Å²) in [7, 11) is 0. The van der Waals surface area contributed by atoms with Gasteiger partial charge in [-0.2, -0.15) is 0 Å². The first kappa shape index (κ1) is 46.6. The monoisotopic (exact) mass is 711 g/mol. The van der Waals surface area contributed by atoms with Crippen molar-refractivity contribution in [2.75, 3.05) is 13.2 Å². The van der Waals surface area contributed by atoms with Crippen LogP contribution in [0.2, 0.25) is 0 Å². The minimum Gasteiger partial charge on any atom is -0.462 e. The van der Waals surface area contributed by atoms with Crippen molar-refractivity contribution < 1.29 is 23.8 Å². The Morgan fingerprint density at radius 1 is 0.510 bits per heavy atom. The molecule has 0 aliphatic carbocycles. The summed E-state index contributed by atoms with van der Waals surface area (Å²) in [6.07, 6.45) is 41.4. The van der Waals surface area contributed by atoms with Crippen molar-refractivity contribution in [2.45, 2.75) is 206 Å². The van der Waals surface area contributed by atoms with Crippen molar-refractivity contribution in [3.05, 3.63) is 60.2 Å². The molecule has 0 aromatic heterocycles. The highest BCUT2D eigenvalue weighted by molar-refractivity contribution is 5.70. The minimum absolute atomic E-state index is 0.0385. The van der Waals surface area contributed by atoms with Crippen LogP contribution in [0, 0.1) is 0 Å². The van der Waals surface area contributed by atoms with Gasteiger partial charge in [-0.1, -0.05) is 171 Å². The number of unbranched alkanes of at least 4 members (excludes halogenated alkanes) is 22. The lowest BCUT2D eigenvalue weighted by Crippen LogP contribution is -2.29. The summed E-state index contributed by atoms with van der Waals surface area (Å²) in [5.41, 5.74) is 1.05. The smallest absolute Gasteiger partial charge is 0.306 e. The van der Waals surface area contributed by atoms with Crippen LogP contribution >= 0.6 is 0 Å². The number of carbonyl (C=O) groups is 2. The predicted octanol–water partition coefficient (Wildman–Crippen LogP) is 13.7. The molecule has 0 saturated carbocycles. The van der Waals surface area contributed by atoms with E-state index in [1.807, 2.05) is 30.3 Å². The third kappa shape index (κ3) is 33.2. The molecular formula is C46H78O5. The molecule has 0 fully saturated rings. The van der Waals surface area contributed by atoms with E-state index in [0.717, 1.165) is 56.9 Å². The molecule has 1 atom stereocenters. The zero-order valence-corrected chi connectivity index (χ0v) is 33.2. The highest BCUT2D eigenvalue weighted by Crippen LogP contribution is 2.13. The Labute approximate surface area is 314 Å². The van der Waals surface area contributed by atoms with Gasteiger partial charge in [-0.3, -0.25) is 9.59 Å². The maximum Gasteiger partial charge on any atom is 0.306 e. The molecule has 0 unspecified atom stereocenters. The maximum absolute atomic E-state index is 12.7. The van der Waals surface area contributed by atoms with Crippen molar-refractivity contribution in [2.24, 2.45) is 0 Å². The van der Waals surface area contributed by atoms with Crippen molar-refractivity contribution in [3.8, 4) is 0 Å². The standard InChI is InChI=1S/C46H78O5/c1-3-5-7-9-11-13-15-17-19-21-23-25-27-29-34-38-45(47)50-42-44(41-49-40-43-36-32-31-33-37-43)51-46(48)39-35-30-28-26-24-22-20-18-16-14-12-10-8-6-4-2/h17-20,31-33,36-37,44H,3-16,21-30,34-35,38-42H2,1-2H3/b19-17+,20-18+/t44-/m1/s1. The Kier molecular flexibility index (Phi) is 34.2. The summed E-state index contributed by atoms with van der Waals surface area (Å²) in [6, 6.07) is 9.92. The van der Waals surface area contributed by atoms with Gasteiger partial charge in [0.25, 0.3) is 0 Å². The average molecular weight is 711 g/mol. The molecule has 292 valence electrons. The predicted molar refractivity (Wildman–Crippen MR) is 216 cm³/mol. The van der Waals surface area contributed by atoms with Gasteiger partial charge in [0.05, 0.1) is 13.2 Å². The second-order valence-electron chi connectivity index (χ2n) is 14.5. The number of hydrogen-bond donors (Lipinski definition) is 0. The number of rotatable bonds is 37. The molecular weight excluding hydrogens is 633 g/mol. The Morgan fingerprint density at radius 3 is 1.39 bits per heavy atom. The van der Waals surface area contributed by atoms with E-state index in [9.17, 15) is 9.59 Å². The molecule has 0 saturated heterocycles. The number of allylic oxidation sites excluding steroid dienone is 4. The van der Waals surface area contributed by atoms with Gasteiger partial charge in [-0.15, -0.1) is 0 Å². The summed E-state index contributed by atoms with van der Waals surface area (Å²) < 4.78 is 17.1. The summed E-state index contributed by atoms with van der Waals surface area (Å²) in [5, 5.41) is 0. The molecule has 5 heteroatoms. The van der Waals surface area contributed by atoms with Gasteiger partial charge in [0.1, 0.15) is 6.61 Å². The molecule has 0 spiro atoms. The first-order valence-electron chi connectivity index (χ1n) is 21.4. The first-order chi connectivity index (χ1) is 25.2. The largest absolute Gasteiger partial charge is 0.462 e. The molecule has 0 amide bonds. The number of esters is 2. The zero-order chi connectivity index (χ0) is 36.7. The van der Waals surface area contributed by atoms with Gasteiger partial charge in [-0.05, 0) is 69.8 Å². The number of carbonyl (C=O) groups excluding carboxylic acids is 2. The highest BCUT2D eigenvalue weighted by Gasteiger charge is 2.17. The van der Waals surface area contributed by atoms with E-state index in [1.165, 1.54) is 116 Å². The molecule has 1 rings (SSSR count). The van der Waals surface area contributed by atoms with E-state index in [0.29, 0.717) is 19.4 Å². The average Bonchev–Trinajstić information content (AvgIpc) is 3.14. The van der Waals surface area contributed by atoms with E-state index < -0.39 is 6.10 Å². The lowest BCUT2D eigenvalue weighted by Gasteiger charge is -2.18. The lowest BCUT2D eigenvalue weighted by molar-refractivity contribution is -0.163. The van der Waals surface area contributed by atoms with Crippen LogP contribution in [-0.2, 0) is 30.4 Å². The van der Waals surface area contributed by atoms with Crippen LogP contribution in [0.1, 0.15) is 199 Å². The fraction of sp³-hybridized carbons (Fsp3) is 0.739. The van der Waals surface area contributed by atoms with Crippen molar-refractivity contribution >= 4 is 11.9 Å². The van der Waals surface area contributed by atoms with Gasteiger partial charge < -0.3 is 14.2 Å². The molecule has 0 aliphatic rings. The lowest BCUT2D eigenvalue weighted by atomic mass is 10.1. The molecule has 51 heavy (non-hydrogen) atoms. The van der Waals surface area contributed by atoms with E-state index in [-0.39, 0.29) is 25.2 Å². The summed E-state index contributed by atoms with van der Waals surface area (Å²) in [6.45, 7) is 5.19. The molecule has 1 aromatic carbocycles. The summed E-state index contributed by atoms with van der Waals surface area (Å²) >= 11 is 0. The number of benzene rings is 1. The van der Waals surface area contributed by atoms with Crippen LogP contribution in [0.25, 0.3) is 0 Å². The Morgan fingerprint density at radius 2 is 0.922 bits per heavy atom. The molecule has 5 nitrogen and oxygen atoms in total. The summed E-state index contributed by atoms with van der Waals surface area (Å²) in [5.74, 6) is -0.469. The molecule has 0 radical (unpaired) electrons. The minimum atomic E-state index is -0.595. The fourth-order valence-corrected chi connectivity index (χ4v) is 6.18. The Bertz CT molecular complexity index is 956. The quantitative estimate of drug-likeness (QED) is 0.0391. The molecule has 0 N–H and O–H groups in total. The Hall–Kier alpha value is -2.40. The van der Waals surface area contributed by atoms with Crippen LogP contribution in [0.5, 0.6) is 0 Å². The van der Waals surface area contributed by atoms with Gasteiger partial charge >= 0.3 is 11.9 Å². The maximum atomic E-state index is 12.7. The third-order valence-electron chi connectivity index (χ3n) is 9.43. The van der Waals surface area contributed by atoms with Gasteiger partial charge in [0.2, 0.25) is 0 Å². The molecule has 0 bridgehead atoms. The van der Waals surface area contributed by atoms with Crippen LogP contribution in [0.15, 0.2) is 54.6 Å². The normalized spacial score (nSPS) is 12.2. The van der Waals surface area contributed by atoms with E-state index in [1.54, 1.807) is 0 Å². The van der Waals surface area contributed by atoms with Crippen molar-refractivity contribution in [1.29, 1.82) is 0 Å². The fourth-order valence-electron chi connectivity index (χ4n) is 6.18. The van der Waals surface area contributed by atoms with E-state index in [2.05, 4.69) is 38.2 Å². The molecule has 0 heterocycles. The topological polar surface area (TPSA) is 61.8 Å². The molecule has 1 aromatic rings. The van der Waals surface area contributed by atoms with Crippen LogP contribution < -0.4 is 0 Å². The number of hydrogen-bond acceptors (Lipinski definition) is 5. The van der Waals surface area contributed by atoms with Crippen molar-refractivity contribution in [3.63, 3.8) is 0 Å². The van der Waals surface area contributed by atoms with Gasteiger partial charge in [-0.25, -0.2) is 0 Å².